The van der Waals surface area contributed by atoms with Crippen LogP contribution in [0.3, 0.4) is 0 Å². The highest BCUT2D eigenvalue weighted by atomic mass is 32.2. The number of nitrogens with one attached hydrogen (secondary N) is 2. The first-order valence-electron chi connectivity index (χ1n) is 5.56. The fourth-order valence-electron chi connectivity index (χ4n) is 1.36. The van der Waals surface area contributed by atoms with E-state index in [4.69, 9.17) is 5.84 Å². The number of hydrogen-bond acceptors (Lipinski definition) is 5. The fraction of sp³-hybridized carbons (Fsp3) is 0.455. The van der Waals surface area contributed by atoms with E-state index in [2.05, 4.69) is 15.7 Å². The Morgan fingerprint density at radius 3 is 2.94 bits per heavy atom. The standard InChI is InChI=1S/C11H18N4O2S/c1-8(4-6-18(2)17)14-11(16)10-7-9(15-12)3-5-13-10/h3,5,7-8H,4,6,12H2,1-2H3,(H,13,15)(H,14,16). The van der Waals surface area contributed by atoms with Gasteiger partial charge in [-0.1, -0.05) is 0 Å². The van der Waals surface area contributed by atoms with E-state index >= 15 is 0 Å². The Labute approximate surface area is 109 Å². The summed E-state index contributed by atoms with van der Waals surface area (Å²) in [5, 5.41) is 2.80. The van der Waals surface area contributed by atoms with E-state index in [1.807, 2.05) is 6.92 Å². The normalized spacial score (nSPS) is 13.7. The third-order valence-corrected chi connectivity index (χ3v) is 3.19. The van der Waals surface area contributed by atoms with E-state index in [-0.39, 0.29) is 11.9 Å². The number of carbonyl (C=O) groups is 1. The minimum atomic E-state index is -0.844. The average molecular weight is 270 g/mol. The molecule has 0 spiro atoms. The summed E-state index contributed by atoms with van der Waals surface area (Å²) >= 11 is 0. The van der Waals surface area contributed by atoms with Gasteiger partial charge in [0.05, 0.1) is 5.69 Å². The van der Waals surface area contributed by atoms with Gasteiger partial charge in [-0.05, 0) is 25.5 Å². The molecule has 4 N–H and O–H groups in total. The maximum Gasteiger partial charge on any atom is 0.270 e. The molecule has 100 valence electrons. The Morgan fingerprint density at radius 1 is 1.61 bits per heavy atom. The number of amides is 1. The van der Waals surface area contributed by atoms with Crippen LogP contribution in [0, 0.1) is 0 Å². The van der Waals surface area contributed by atoms with Crippen LogP contribution in [0.4, 0.5) is 5.69 Å². The molecular formula is C11H18N4O2S. The summed E-state index contributed by atoms with van der Waals surface area (Å²) in [6.45, 7) is 1.87. The highest BCUT2D eigenvalue weighted by Crippen LogP contribution is 2.06. The van der Waals surface area contributed by atoms with Gasteiger partial charge >= 0.3 is 0 Å². The van der Waals surface area contributed by atoms with Crippen molar-refractivity contribution in [2.45, 2.75) is 19.4 Å². The maximum atomic E-state index is 11.8. The second kappa shape index (κ2) is 7.07. The molecule has 1 rings (SSSR count). The Kier molecular flexibility index (Phi) is 5.73. The second-order valence-corrected chi connectivity index (χ2v) is 5.57. The van der Waals surface area contributed by atoms with E-state index < -0.39 is 10.8 Å². The monoisotopic (exact) mass is 270 g/mol. The van der Waals surface area contributed by atoms with Gasteiger partial charge in [-0.3, -0.25) is 19.8 Å². The first kappa shape index (κ1) is 14.6. The van der Waals surface area contributed by atoms with Gasteiger partial charge in [-0.2, -0.15) is 0 Å². The quantitative estimate of drug-likeness (QED) is 0.509. The number of hydrogen-bond donors (Lipinski definition) is 3. The van der Waals surface area contributed by atoms with Gasteiger partial charge in [-0.15, -0.1) is 0 Å². The lowest BCUT2D eigenvalue weighted by Gasteiger charge is -2.13. The van der Waals surface area contributed by atoms with Crippen molar-refractivity contribution in [3.05, 3.63) is 24.0 Å². The number of nitrogens with zero attached hydrogens (tertiary/aromatic N) is 1. The topological polar surface area (TPSA) is 97.1 Å². The molecule has 0 aromatic carbocycles. The number of anilines is 1. The van der Waals surface area contributed by atoms with Crippen molar-refractivity contribution in [3.8, 4) is 0 Å². The summed E-state index contributed by atoms with van der Waals surface area (Å²) in [5.41, 5.74) is 3.38. The molecule has 18 heavy (non-hydrogen) atoms. The first-order chi connectivity index (χ1) is 8.52. The Balaban J connectivity index is 2.56. The lowest BCUT2D eigenvalue weighted by Crippen LogP contribution is -2.34. The van der Waals surface area contributed by atoms with Gasteiger partial charge in [0.25, 0.3) is 5.91 Å². The van der Waals surface area contributed by atoms with Crippen molar-refractivity contribution < 1.29 is 9.00 Å². The highest BCUT2D eigenvalue weighted by Gasteiger charge is 2.11. The van der Waals surface area contributed by atoms with Crippen molar-refractivity contribution >= 4 is 22.4 Å². The zero-order valence-corrected chi connectivity index (χ0v) is 11.3. The van der Waals surface area contributed by atoms with Crippen LogP contribution in [0.25, 0.3) is 0 Å². The van der Waals surface area contributed by atoms with E-state index in [1.165, 1.54) is 6.20 Å². The van der Waals surface area contributed by atoms with Gasteiger partial charge < -0.3 is 10.7 Å². The lowest BCUT2D eigenvalue weighted by molar-refractivity contribution is 0.0934. The molecule has 0 radical (unpaired) electrons. The Bertz CT molecular complexity index is 439. The molecule has 6 nitrogen and oxygen atoms in total. The van der Waals surface area contributed by atoms with Crippen molar-refractivity contribution in [1.29, 1.82) is 0 Å². The molecule has 1 amide bonds. The van der Waals surface area contributed by atoms with Crippen LogP contribution in [0.1, 0.15) is 23.8 Å². The highest BCUT2D eigenvalue weighted by molar-refractivity contribution is 7.84. The lowest BCUT2D eigenvalue weighted by atomic mass is 10.2. The van der Waals surface area contributed by atoms with Crippen LogP contribution < -0.4 is 16.6 Å². The minimum Gasteiger partial charge on any atom is -0.348 e. The van der Waals surface area contributed by atoms with Crippen LogP contribution in [0.2, 0.25) is 0 Å². The largest absolute Gasteiger partial charge is 0.348 e. The van der Waals surface area contributed by atoms with Gasteiger partial charge in [0.1, 0.15) is 5.69 Å². The summed E-state index contributed by atoms with van der Waals surface area (Å²) in [6, 6.07) is 3.19. The predicted molar refractivity (Wildman–Crippen MR) is 72.5 cm³/mol. The molecule has 0 aliphatic rings. The molecule has 2 atom stereocenters. The van der Waals surface area contributed by atoms with E-state index in [1.54, 1.807) is 18.4 Å². The maximum absolute atomic E-state index is 11.8. The average Bonchev–Trinajstić information content (AvgIpc) is 2.36. The molecule has 0 saturated carbocycles. The summed E-state index contributed by atoms with van der Waals surface area (Å²) in [6.07, 6.45) is 3.83. The van der Waals surface area contributed by atoms with Crippen LogP contribution in [-0.4, -0.2) is 33.2 Å². The number of carbonyl (C=O) groups excluding carboxylic acids is 1. The minimum absolute atomic E-state index is 0.0438. The Morgan fingerprint density at radius 2 is 2.33 bits per heavy atom. The van der Waals surface area contributed by atoms with Crippen LogP contribution in [0.15, 0.2) is 18.3 Å². The molecule has 1 heterocycles. The summed E-state index contributed by atoms with van der Waals surface area (Å²) in [4.78, 5) is 15.8. The van der Waals surface area contributed by atoms with E-state index in [0.717, 1.165) is 0 Å². The number of pyridine rings is 1. The second-order valence-electron chi connectivity index (χ2n) is 4.01. The number of nitrogen functional groups attached to an aromatic ring is 1. The van der Waals surface area contributed by atoms with Crippen molar-refractivity contribution in [3.63, 3.8) is 0 Å². The molecule has 0 bridgehead atoms. The summed E-state index contributed by atoms with van der Waals surface area (Å²) < 4.78 is 11.0. The zero-order chi connectivity index (χ0) is 13.5. The SMILES string of the molecule is CC(CCS(C)=O)NC(=O)c1cc(NN)ccn1. The molecule has 1 aromatic rings. The molecule has 2 unspecified atom stereocenters. The summed E-state index contributed by atoms with van der Waals surface area (Å²) in [5.74, 6) is 5.56. The number of rotatable bonds is 6. The summed E-state index contributed by atoms with van der Waals surface area (Å²) in [7, 11) is -0.844. The van der Waals surface area contributed by atoms with Gasteiger partial charge in [0.15, 0.2) is 0 Å². The molecular weight excluding hydrogens is 252 g/mol. The van der Waals surface area contributed by atoms with Crippen molar-refractivity contribution in [2.24, 2.45) is 5.84 Å². The van der Waals surface area contributed by atoms with Gasteiger partial charge in [0.2, 0.25) is 0 Å². The Hall–Kier alpha value is -1.47. The van der Waals surface area contributed by atoms with Crippen LogP contribution in [-0.2, 0) is 10.8 Å². The third-order valence-electron chi connectivity index (χ3n) is 2.38. The molecule has 7 heteroatoms. The zero-order valence-electron chi connectivity index (χ0n) is 10.5. The van der Waals surface area contributed by atoms with Gasteiger partial charge in [-0.25, -0.2) is 0 Å². The number of nitrogens with two attached hydrogens (primary N) is 1. The van der Waals surface area contributed by atoms with Crippen LogP contribution in [0.5, 0.6) is 0 Å². The molecule has 0 aliphatic heterocycles. The van der Waals surface area contributed by atoms with Crippen molar-refractivity contribution in [1.82, 2.24) is 10.3 Å². The van der Waals surface area contributed by atoms with E-state index in [9.17, 15) is 9.00 Å². The van der Waals surface area contributed by atoms with Gasteiger partial charge in [0, 0.05) is 35.0 Å². The smallest absolute Gasteiger partial charge is 0.270 e. The number of hydrazine groups is 1. The first-order valence-corrected chi connectivity index (χ1v) is 7.29. The molecule has 0 saturated heterocycles. The molecule has 0 fully saturated rings. The predicted octanol–water partition coefficient (Wildman–Crippen LogP) is 0.254. The van der Waals surface area contributed by atoms with E-state index in [0.29, 0.717) is 23.6 Å². The number of aromatic nitrogens is 1. The fourth-order valence-corrected chi connectivity index (χ4v) is 2.04. The molecule has 1 aromatic heterocycles. The molecule has 0 aliphatic carbocycles. The van der Waals surface area contributed by atoms with Crippen LogP contribution >= 0.6 is 0 Å². The third kappa shape index (κ3) is 4.80. The van der Waals surface area contributed by atoms with Crippen molar-refractivity contribution in [2.75, 3.05) is 17.4 Å².